The van der Waals surface area contributed by atoms with E-state index in [0.717, 1.165) is 22.6 Å². The van der Waals surface area contributed by atoms with Crippen LogP contribution < -0.4 is 10.1 Å². The summed E-state index contributed by atoms with van der Waals surface area (Å²) in [7, 11) is 1.58. The molecule has 0 aliphatic rings. The number of anilines is 1. The maximum Gasteiger partial charge on any atom is 0.265 e. The average molecular weight is 350 g/mol. The third-order valence-electron chi connectivity index (χ3n) is 3.67. The van der Waals surface area contributed by atoms with E-state index in [-0.39, 0.29) is 5.91 Å². The molecule has 0 spiro atoms. The zero-order valence-electron chi connectivity index (χ0n) is 13.3. The lowest BCUT2D eigenvalue weighted by Gasteiger charge is -2.05. The van der Waals surface area contributed by atoms with Crippen molar-refractivity contribution in [1.82, 2.24) is 14.6 Å². The first-order chi connectivity index (χ1) is 12.2. The summed E-state index contributed by atoms with van der Waals surface area (Å²) in [6, 6.07) is 14.8. The van der Waals surface area contributed by atoms with Crippen LogP contribution >= 0.6 is 11.3 Å². The Morgan fingerprint density at radius 1 is 1.20 bits per heavy atom. The number of carbonyl (C=O) groups excluding carboxylic acids is 1. The van der Waals surface area contributed by atoms with Crippen molar-refractivity contribution in [2.24, 2.45) is 0 Å². The molecule has 1 N–H and O–H groups in total. The molecule has 7 heteroatoms. The number of imidazole rings is 1. The van der Waals surface area contributed by atoms with Gasteiger partial charge in [-0.25, -0.2) is 9.50 Å². The Hall–Kier alpha value is -3.19. The van der Waals surface area contributed by atoms with E-state index in [4.69, 9.17) is 4.74 Å². The highest BCUT2D eigenvalue weighted by Crippen LogP contribution is 2.23. The number of hydrogen-bond donors (Lipinski definition) is 1. The Kier molecular flexibility index (Phi) is 3.91. The standard InChI is InChI=1S/C18H14N4O2S/c1-24-17-8-7-16-20-14(11-22(16)21-17)12-4-2-5-13(10-12)19-18(23)15-6-3-9-25-15/h2-11H,1H3,(H,19,23). The zero-order valence-corrected chi connectivity index (χ0v) is 14.2. The second-order valence-corrected chi connectivity index (χ2v) is 6.26. The number of fused-ring (bicyclic) bond motifs is 1. The minimum Gasteiger partial charge on any atom is -0.480 e. The third-order valence-corrected chi connectivity index (χ3v) is 4.53. The predicted molar refractivity (Wildman–Crippen MR) is 97.2 cm³/mol. The van der Waals surface area contributed by atoms with Crippen LogP contribution in [0.15, 0.2) is 60.1 Å². The first kappa shape index (κ1) is 15.3. The van der Waals surface area contributed by atoms with Gasteiger partial charge >= 0.3 is 0 Å². The number of aromatic nitrogens is 3. The molecule has 0 fully saturated rings. The van der Waals surface area contributed by atoms with Crippen LogP contribution in [0, 0.1) is 0 Å². The Morgan fingerprint density at radius 3 is 2.92 bits per heavy atom. The van der Waals surface area contributed by atoms with Crippen molar-refractivity contribution in [1.29, 1.82) is 0 Å². The molecule has 0 aliphatic heterocycles. The first-order valence-electron chi connectivity index (χ1n) is 7.59. The van der Waals surface area contributed by atoms with Crippen LogP contribution in [-0.4, -0.2) is 27.6 Å². The van der Waals surface area contributed by atoms with Crippen molar-refractivity contribution in [2.45, 2.75) is 0 Å². The minimum absolute atomic E-state index is 0.117. The van der Waals surface area contributed by atoms with E-state index in [0.29, 0.717) is 10.8 Å². The van der Waals surface area contributed by atoms with E-state index in [1.807, 2.05) is 48.0 Å². The minimum atomic E-state index is -0.117. The monoisotopic (exact) mass is 350 g/mol. The molecule has 0 bridgehead atoms. The lowest BCUT2D eigenvalue weighted by molar-refractivity contribution is 0.103. The number of methoxy groups -OCH3 is 1. The number of ether oxygens (including phenoxy) is 1. The number of nitrogens with one attached hydrogen (secondary N) is 1. The van der Waals surface area contributed by atoms with Crippen LogP contribution in [-0.2, 0) is 0 Å². The number of thiophene rings is 1. The molecule has 0 radical (unpaired) electrons. The number of carbonyl (C=O) groups is 1. The fraction of sp³-hybridized carbons (Fsp3) is 0.0556. The number of rotatable bonds is 4. The van der Waals surface area contributed by atoms with E-state index >= 15 is 0 Å². The van der Waals surface area contributed by atoms with Crippen LogP contribution in [0.5, 0.6) is 5.88 Å². The summed E-state index contributed by atoms with van der Waals surface area (Å²) in [5.41, 5.74) is 3.11. The van der Waals surface area contributed by atoms with Gasteiger partial charge in [-0.1, -0.05) is 18.2 Å². The highest BCUT2D eigenvalue weighted by Gasteiger charge is 2.10. The lowest BCUT2D eigenvalue weighted by atomic mass is 10.1. The van der Waals surface area contributed by atoms with Crippen LogP contribution in [0.2, 0.25) is 0 Å². The predicted octanol–water partition coefficient (Wildman–Crippen LogP) is 3.72. The molecular weight excluding hydrogens is 336 g/mol. The smallest absolute Gasteiger partial charge is 0.265 e. The summed E-state index contributed by atoms with van der Waals surface area (Å²) in [6.45, 7) is 0. The van der Waals surface area contributed by atoms with Crippen molar-refractivity contribution in [3.8, 4) is 17.1 Å². The van der Waals surface area contributed by atoms with Crippen LogP contribution in [0.3, 0.4) is 0 Å². The Labute approximate surface area is 147 Å². The average Bonchev–Trinajstić information content (AvgIpc) is 3.31. The molecule has 0 atom stereocenters. The Bertz CT molecular complexity index is 1040. The molecule has 0 aliphatic carbocycles. The molecule has 124 valence electrons. The molecule has 0 unspecified atom stereocenters. The summed E-state index contributed by atoms with van der Waals surface area (Å²) >= 11 is 1.41. The van der Waals surface area contributed by atoms with Gasteiger partial charge in [-0.2, -0.15) is 0 Å². The molecule has 4 rings (SSSR count). The van der Waals surface area contributed by atoms with Crippen molar-refractivity contribution in [2.75, 3.05) is 12.4 Å². The molecule has 3 aromatic heterocycles. The zero-order chi connectivity index (χ0) is 17.2. The lowest BCUT2D eigenvalue weighted by Crippen LogP contribution is -2.09. The molecule has 3 heterocycles. The van der Waals surface area contributed by atoms with E-state index in [1.165, 1.54) is 11.3 Å². The van der Waals surface area contributed by atoms with Gasteiger partial charge in [0.2, 0.25) is 5.88 Å². The maximum atomic E-state index is 12.2. The van der Waals surface area contributed by atoms with E-state index in [2.05, 4.69) is 15.4 Å². The van der Waals surface area contributed by atoms with Gasteiger partial charge in [0, 0.05) is 17.3 Å². The summed E-state index contributed by atoms with van der Waals surface area (Å²) in [4.78, 5) is 17.4. The molecular formula is C18H14N4O2S. The van der Waals surface area contributed by atoms with Crippen molar-refractivity contribution in [3.05, 3.63) is 65.0 Å². The third kappa shape index (κ3) is 3.09. The van der Waals surface area contributed by atoms with Gasteiger partial charge in [0.15, 0.2) is 5.65 Å². The molecule has 0 saturated heterocycles. The first-order valence-corrected chi connectivity index (χ1v) is 8.46. The van der Waals surface area contributed by atoms with Crippen LogP contribution in [0.25, 0.3) is 16.9 Å². The fourth-order valence-corrected chi connectivity index (χ4v) is 3.09. The second-order valence-electron chi connectivity index (χ2n) is 5.32. The Morgan fingerprint density at radius 2 is 2.12 bits per heavy atom. The topological polar surface area (TPSA) is 68.5 Å². The van der Waals surface area contributed by atoms with E-state index in [9.17, 15) is 4.79 Å². The van der Waals surface area contributed by atoms with Crippen molar-refractivity contribution >= 4 is 28.6 Å². The highest BCUT2D eigenvalue weighted by atomic mass is 32.1. The molecule has 4 aromatic rings. The molecule has 0 saturated carbocycles. The summed E-state index contributed by atoms with van der Waals surface area (Å²) in [5.74, 6) is 0.405. The number of nitrogens with zero attached hydrogens (tertiary/aromatic N) is 3. The summed E-state index contributed by atoms with van der Waals surface area (Å²) in [5, 5.41) is 9.09. The van der Waals surface area contributed by atoms with Gasteiger partial charge < -0.3 is 10.1 Å². The molecule has 1 aromatic carbocycles. The maximum absolute atomic E-state index is 12.2. The van der Waals surface area contributed by atoms with Gasteiger partial charge in [0.1, 0.15) is 0 Å². The SMILES string of the molecule is COc1ccc2nc(-c3cccc(NC(=O)c4cccs4)c3)cn2n1. The molecule has 1 amide bonds. The fourth-order valence-electron chi connectivity index (χ4n) is 2.47. The van der Waals surface area contributed by atoms with Gasteiger partial charge in [0.25, 0.3) is 5.91 Å². The molecule has 6 nitrogen and oxygen atoms in total. The normalized spacial score (nSPS) is 10.8. The summed E-state index contributed by atoms with van der Waals surface area (Å²) in [6.07, 6.45) is 1.83. The number of hydrogen-bond acceptors (Lipinski definition) is 5. The van der Waals surface area contributed by atoms with Crippen LogP contribution in [0.1, 0.15) is 9.67 Å². The van der Waals surface area contributed by atoms with Crippen molar-refractivity contribution < 1.29 is 9.53 Å². The van der Waals surface area contributed by atoms with Gasteiger partial charge in [-0.15, -0.1) is 16.4 Å². The van der Waals surface area contributed by atoms with Crippen LogP contribution in [0.4, 0.5) is 5.69 Å². The van der Waals surface area contributed by atoms with Gasteiger partial charge in [-0.05, 0) is 29.6 Å². The van der Waals surface area contributed by atoms with Gasteiger partial charge in [-0.3, -0.25) is 4.79 Å². The highest BCUT2D eigenvalue weighted by molar-refractivity contribution is 7.12. The van der Waals surface area contributed by atoms with E-state index in [1.54, 1.807) is 23.8 Å². The second kappa shape index (κ2) is 6.37. The largest absolute Gasteiger partial charge is 0.480 e. The summed E-state index contributed by atoms with van der Waals surface area (Å²) < 4.78 is 6.80. The number of benzene rings is 1. The van der Waals surface area contributed by atoms with E-state index < -0.39 is 0 Å². The quantitative estimate of drug-likeness (QED) is 0.609. The van der Waals surface area contributed by atoms with Gasteiger partial charge in [0.05, 0.1) is 23.9 Å². The molecule has 25 heavy (non-hydrogen) atoms. The number of amides is 1. The Balaban J connectivity index is 1.64. The van der Waals surface area contributed by atoms with Crippen molar-refractivity contribution in [3.63, 3.8) is 0 Å².